The number of benzene rings is 1. The molecule has 0 heterocycles. The number of hydrogen-bond donors (Lipinski definition) is 0. The molecule has 1 aromatic carbocycles. The first kappa shape index (κ1) is 29.4. The zero-order valence-corrected chi connectivity index (χ0v) is 22.6. The molecule has 3 aliphatic rings. The fourth-order valence-electron chi connectivity index (χ4n) is 6.94. The molecule has 0 spiro atoms. The van der Waals surface area contributed by atoms with E-state index in [2.05, 4.69) is 23.8 Å². The Kier molecular flexibility index (Phi) is 10.5. The van der Waals surface area contributed by atoms with Crippen LogP contribution in [0.15, 0.2) is 24.3 Å². The van der Waals surface area contributed by atoms with Crippen molar-refractivity contribution in [2.24, 2.45) is 29.6 Å². The number of rotatable bonds is 10. The summed E-state index contributed by atoms with van der Waals surface area (Å²) < 4.78 is 77.6. The van der Waals surface area contributed by atoms with Crippen LogP contribution in [-0.4, -0.2) is 18.8 Å². The van der Waals surface area contributed by atoms with Crippen LogP contribution in [0.2, 0.25) is 0 Å². The molecule has 3 aliphatic carbocycles. The monoisotopic (exact) mass is 542 g/mol. The number of ether oxygens (including phenoxy) is 2. The predicted molar refractivity (Wildman–Crippen MR) is 139 cm³/mol. The van der Waals surface area contributed by atoms with E-state index in [1.165, 1.54) is 64.2 Å². The van der Waals surface area contributed by atoms with Crippen molar-refractivity contribution in [3.05, 3.63) is 41.7 Å². The Balaban J connectivity index is 1.12. The lowest BCUT2D eigenvalue weighted by atomic mass is 9.68. The maximum atomic E-state index is 14.1. The van der Waals surface area contributed by atoms with Gasteiger partial charge in [-0.3, -0.25) is 0 Å². The molecule has 0 aromatic heterocycles. The molecule has 0 aliphatic heterocycles. The topological polar surface area (TPSA) is 18.5 Å². The summed E-state index contributed by atoms with van der Waals surface area (Å²) in [4.78, 5) is 0. The Morgan fingerprint density at radius 1 is 0.763 bits per heavy atom. The van der Waals surface area contributed by atoms with E-state index < -0.39 is 35.9 Å². The normalized spacial score (nSPS) is 31.0. The SMILES string of the molecule is CCCC1CCC(C2CCC(C=CC3CCC(OCC(F)(F)Oc4cc(F)c(F)c(F)c4)CC3)CC2)CC1. The van der Waals surface area contributed by atoms with Gasteiger partial charge in [-0.2, -0.15) is 8.78 Å². The molecule has 0 bridgehead atoms. The van der Waals surface area contributed by atoms with Gasteiger partial charge in [0.1, 0.15) is 5.75 Å². The van der Waals surface area contributed by atoms with E-state index in [0.717, 1.165) is 30.6 Å². The minimum absolute atomic E-state index is 0.307. The number of allylic oxidation sites excluding steroid dienone is 2. The second-order valence-electron chi connectivity index (χ2n) is 11.9. The standard InChI is InChI=1S/C31H43F5O2/c1-2-3-21-6-12-24(13-7-21)25-14-8-22(9-15-25)4-5-23-10-16-26(17-11-23)37-20-31(35,36)38-27-18-28(32)30(34)29(33)19-27/h4-5,18-19,21-26H,2-3,6-17,20H2,1H3. The molecule has 0 N–H and O–H groups in total. The Hall–Kier alpha value is -1.63. The van der Waals surface area contributed by atoms with Crippen LogP contribution in [0.1, 0.15) is 96.8 Å². The lowest BCUT2D eigenvalue weighted by molar-refractivity contribution is -0.222. The molecular formula is C31H43F5O2. The molecule has 0 atom stereocenters. The molecule has 3 saturated carbocycles. The molecule has 7 heteroatoms. The van der Waals surface area contributed by atoms with E-state index in [1.54, 1.807) is 0 Å². The minimum Gasteiger partial charge on any atom is -0.431 e. The highest BCUT2D eigenvalue weighted by Crippen LogP contribution is 2.42. The van der Waals surface area contributed by atoms with Crippen molar-refractivity contribution in [3.63, 3.8) is 0 Å². The van der Waals surface area contributed by atoms with E-state index >= 15 is 0 Å². The van der Waals surface area contributed by atoms with Gasteiger partial charge in [-0.15, -0.1) is 0 Å². The predicted octanol–water partition coefficient (Wildman–Crippen LogP) is 9.62. The molecule has 1 aromatic rings. The zero-order valence-electron chi connectivity index (χ0n) is 22.6. The van der Waals surface area contributed by atoms with Gasteiger partial charge in [-0.25, -0.2) is 13.2 Å². The molecule has 0 unspecified atom stereocenters. The highest BCUT2D eigenvalue weighted by molar-refractivity contribution is 5.25. The summed E-state index contributed by atoms with van der Waals surface area (Å²) in [5.41, 5.74) is 0. The van der Waals surface area contributed by atoms with E-state index in [-0.39, 0.29) is 6.10 Å². The summed E-state index contributed by atoms with van der Waals surface area (Å²) in [6.45, 7) is 1.27. The summed E-state index contributed by atoms with van der Waals surface area (Å²) in [5.74, 6) is -1.73. The average molecular weight is 543 g/mol. The average Bonchev–Trinajstić information content (AvgIpc) is 2.91. The van der Waals surface area contributed by atoms with Gasteiger partial charge in [0.25, 0.3) is 0 Å². The summed E-state index contributed by atoms with van der Waals surface area (Å²) >= 11 is 0. The Bertz CT molecular complexity index is 873. The third-order valence-electron chi connectivity index (χ3n) is 9.16. The Morgan fingerprint density at radius 2 is 1.26 bits per heavy atom. The van der Waals surface area contributed by atoms with Crippen LogP contribution in [0, 0.1) is 47.0 Å². The third kappa shape index (κ3) is 8.43. The van der Waals surface area contributed by atoms with Crippen molar-refractivity contribution in [1.29, 1.82) is 0 Å². The number of halogens is 5. The Morgan fingerprint density at radius 3 is 1.79 bits per heavy atom. The highest BCUT2D eigenvalue weighted by Gasteiger charge is 2.35. The van der Waals surface area contributed by atoms with Crippen molar-refractivity contribution in [1.82, 2.24) is 0 Å². The van der Waals surface area contributed by atoms with Crippen LogP contribution in [0.5, 0.6) is 5.75 Å². The fraction of sp³-hybridized carbons (Fsp3) is 0.742. The van der Waals surface area contributed by atoms with Crippen molar-refractivity contribution in [2.75, 3.05) is 6.61 Å². The lowest BCUT2D eigenvalue weighted by Crippen LogP contribution is -2.34. The van der Waals surface area contributed by atoms with Gasteiger partial charge in [0.05, 0.1) is 6.10 Å². The van der Waals surface area contributed by atoms with Gasteiger partial charge < -0.3 is 9.47 Å². The van der Waals surface area contributed by atoms with Crippen molar-refractivity contribution in [2.45, 2.75) is 109 Å². The molecule has 4 rings (SSSR count). The number of hydrogen-bond acceptors (Lipinski definition) is 2. The van der Waals surface area contributed by atoms with Crippen LogP contribution in [0.3, 0.4) is 0 Å². The Labute approximate surface area is 224 Å². The first-order valence-corrected chi connectivity index (χ1v) is 14.7. The first-order valence-electron chi connectivity index (χ1n) is 14.7. The second-order valence-corrected chi connectivity index (χ2v) is 11.9. The smallest absolute Gasteiger partial charge is 0.421 e. The highest BCUT2D eigenvalue weighted by atomic mass is 19.3. The van der Waals surface area contributed by atoms with Crippen molar-refractivity contribution < 1.29 is 31.4 Å². The lowest BCUT2D eigenvalue weighted by Gasteiger charge is -2.37. The van der Waals surface area contributed by atoms with Gasteiger partial charge in [-0.05, 0) is 93.8 Å². The molecule has 38 heavy (non-hydrogen) atoms. The summed E-state index contributed by atoms with van der Waals surface area (Å²) in [5, 5.41) is 0. The van der Waals surface area contributed by atoms with Crippen LogP contribution in [-0.2, 0) is 4.74 Å². The molecule has 0 saturated heterocycles. The zero-order chi connectivity index (χ0) is 27.1. The molecule has 214 valence electrons. The molecule has 3 fully saturated rings. The molecule has 0 radical (unpaired) electrons. The van der Waals surface area contributed by atoms with Crippen molar-refractivity contribution in [3.8, 4) is 5.75 Å². The van der Waals surface area contributed by atoms with Crippen LogP contribution >= 0.6 is 0 Å². The molecular weight excluding hydrogens is 499 g/mol. The molecule has 0 amide bonds. The second kappa shape index (κ2) is 13.6. The van der Waals surface area contributed by atoms with Gasteiger partial charge >= 0.3 is 6.11 Å². The van der Waals surface area contributed by atoms with E-state index in [9.17, 15) is 22.0 Å². The third-order valence-corrected chi connectivity index (χ3v) is 9.16. The number of alkyl halides is 2. The van der Waals surface area contributed by atoms with E-state index in [0.29, 0.717) is 36.8 Å². The maximum Gasteiger partial charge on any atom is 0.421 e. The van der Waals surface area contributed by atoms with E-state index in [1.807, 2.05) is 0 Å². The summed E-state index contributed by atoms with van der Waals surface area (Å²) in [6, 6.07) is 0.795. The van der Waals surface area contributed by atoms with Gasteiger partial charge in [0, 0.05) is 12.1 Å². The van der Waals surface area contributed by atoms with Crippen LogP contribution in [0.25, 0.3) is 0 Å². The van der Waals surface area contributed by atoms with E-state index in [4.69, 9.17) is 4.74 Å². The quantitative estimate of drug-likeness (QED) is 0.166. The fourth-order valence-corrected chi connectivity index (χ4v) is 6.94. The van der Waals surface area contributed by atoms with Crippen molar-refractivity contribution >= 4 is 0 Å². The van der Waals surface area contributed by atoms with Gasteiger partial charge in [-0.1, -0.05) is 44.8 Å². The summed E-state index contributed by atoms with van der Waals surface area (Å²) in [6.07, 6.45) is 17.5. The summed E-state index contributed by atoms with van der Waals surface area (Å²) in [7, 11) is 0. The van der Waals surface area contributed by atoms with Gasteiger partial charge in [0.2, 0.25) is 0 Å². The van der Waals surface area contributed by atoms with Crippen LogP contribution in [0.4, 0.5) is 22.0 Å². The minimum atomic E-state index is -3.78. The van der Waals surface area contributed by atoms with Gasteiger partial charge in [0.15, 0.2) is 24.1 Å². The van der Waals surface area contributed by atoms with Crippen LogP contribution < -0.4 is 4.74 Å². The maximum absolute atomic E-state index is 14.1. The first-order chi connectivity index (χ1) is 18.2. The molecule has 2 nitrogen and oxygen atoms in total. The largest absolute Gasteiger partial charge is 0.431 e.